The molecule has 0 spiro atoms. The molecular weight excluding hydrogens is 359 g/mol. The van der Waals surface area contributed by atoms with Crippen molar-refractivity contribution in [3.05, 3.63) is 103 Å². The van der Waals surface area contributed by atoms with E-state index in [9.17, 15) is 4.57 Å². The van der Waals surface area contributed by atoms with Crippen molar-refractivity contribution in [3.63, 3.8) is 0 Å². The summed E-state index contributed by atoms with van der Waals surface area (Å²) in [7, 11) is -2.94. The van der Waals surface area contributed by atoms with Crippen LogP contribution in [0.1, 0.15) is 26.3 Å². The molecule has 2 heteroatoms. The summed E-state index contributed by atoms with van der Waals surface area (Å²) in [5.74, 6) is 0. The average Bonchev–Trinajstić information content (AvgIpc) is 2.73. The maximum Gasteiger partial charge on any atom is 0.171 e. The molecular formula is C26H25OP. The highest BCUT2D eigenvalue weighted by Gasteiger charge is 2.29. The van der Waals surface area contributed by atoms with Gasteiger partial charge in [-0.15, -0.1) is 0 Å². The number of fused-ring (bicyclic) bond motifs is 1. The highest BCUT2D eigenvalue weighted by atomic mass is 31.2. The SMILES string of the molecule is CC(C)(C)c1ccc2ccc(P(=O)(c3ccccc3)c3ccccc3)cc2c1. The van der Waals surface area contributed by atoms with Crippen molar-refractivity contribution in [3.8, 4) is 0 Å². The zero-order valence-corrected chi connectivity index (χ0v) is 17.5. The fourth-order valence-corrected chi connectivity index (χ4v) is 6.30. The summed E-state index contributed by atoms with van der Waals surface area (Å²) in [6.07, 6.45) is 0. The standard InChI is InChI=1S/C26H25OP/c1-26(2,3)22-16-14-20-15-17-25(19-21(20)18-22)28(27,23-10-6-4-7-11-23)24-12-8-5-9-13-24/h4-19H,1-3H3. The molecule has 0 fully saturated rings. The third-order valence-corrected chi connectivity index (χ3v) is 8.35. The van der Waals surface area contributed by atoms with E-state index in [0.717, 1.165) is 21.3 Å². The molecule has 0 unspecified atom stereocenters. The van der Waals surface area contributed by atoms with Crippen molar-refractivity contribution in [1.29, 1.82) is 0 Å². The fourth-order valence-electron chi connectivity index (χ4n) is 3.62. The van der Waals surface area contributed by atoms with Crippen LogP contribution in [0, 0.1) is 0 Å². The smallest absolute Gasteiger partial charge is 0.171 e. The van der Waals surface area contributed by atoms with Gasteiger partial charge in [0.2, 0.25) is 0 Å². The van der Waals surface area contributed by atoms with E-state index in [1.165, 1.54) is 10.9 Å². The minimum atomic E-state index is -2.94. The van der Waals surface area contributed by atoms with E-state index in [4.69, 9.17) is 0 Å². The lowest BCUT2D eigenvalue weighted by Crippen LogP contribution is -2.24. The normalized spacial score (nSPS) is 12.2. The molecule has 0 amide bonds. The Balaban J connectivity index is 1.97. The fraction of sp³-hybridized carbons (Fsp3) is 0.154. The van der Waals surface area contributed by atoms with Crippen LogP contribution in [0.3, 0.4) is 0 Å². The zero-order chi connectivity index (χ0) is 19.8. The van der Waals surface area contributed by atoms with Crippen molar-refractivity contribution in [2.45, 2.75) is 26.2 Å². The van der Waals surface area contributed by atoms with Gasteiger partial charge in [-0.05, 0) is 27.8 Å². The lowest BCUT2D eigenvalue weighted by atomic mass is 9.86. The molecule has 0 bridgehead atoms. The Morgan fingerprint density at radius 2 is 1.11 bits per heavy atom. The highest BCUT2D eigenvalue weighted by molar-refractivity contribution is 7.85. The minimum Gasteiger partial charge on any atom is -0.309 e. The molecule has 0 atom stereocenters. The van der Waals surface area contributed by atoms with Gasteiger partial charge in [0.25, 0.3) is 0 Å². The van der Waals surface area contributed by atoms with Gasteiger partial charge in [0.1, 0.15) is 0 Å². The van der Waals surface area contributed by atoms with E-state index < -0.39 is 7.14 Å². The van der Waals surface area contributed by atoms with Crippen LogP contribution in [-0.4, -0.2) is 0 Å². The van der Waals surface area contributed by atoms with Gasteiger partial charge >= 0.3 is 0 Å². The van der Waals surface area contributed by atoms with Crippen LogP contribution < -0.4 is 15.9 Å². The van der Waals surface area contributed by atoms with Crippen LogP contribution >= 0.6 is 7.14 Å². The zero-order valence-electron chi connectivity index (χ0n) is 16.6. The van der Waals surface area contributed by atoms with Crippen molar-refractivity contribution < 1.29 is 4.57 Å². The van der Waals surface area contributed by atoms with Gasteiger partial charge < -0.3 is 4.57 Å². The summed E-state index contributed by atoms with van der Waals surface area (Å²) >= 11 is 0. The number of rotatable bonds is 3. The van der Waals surface area contributed by atoms with Crippen LogP contribution in [0.5, 0.6) is 0 Å². The van der Waals surface area contributed by atoms with E-state index in [-0.39, 0.29) is 5.41 Å². The molecule has 28 heavy (non-hydrogen) atoms. The molecule has 0 aliphatic carbocycles. The largest absolute Gasteiger partial charge is 0.309 e. The van der Waals surface area contributed by atoms with E-state index >= 15 is 0 Å². The highest BCUT2D eigenvalue weighted by Crippen LogP contribution is 2.43. The molecule has 0 saturated heterocycles. The number of benzene rings is 4. The molecule has 140 valence electrons. The molecule has 0 saturated carbocycles. The maximum atomic E-state index is 14.5. The van der Waals surface area contributed by atoms with Crippen molar-refractivity contribution >= 4 is 33.8 Å². The predicted molar refractivity (Wildman–Crippen MR) is 122 cm³/mol. The second-order valence-electron chi connectivity index (χ2n) is 8.28. The molecule has 0 aliphatic heterocycles. The summed E-state index contributed by atoms with van der Waals surface area (Å²) in [4.78, 5) is 0. The Kier molecular flexibility index (Phi) is 4.73. The van der Waals surface area contributed by atoms with Crippen molar-refractivity contribution in [2.24, 2.45) is 0 Å². The van der Waals surface area contributed by atoms with E-state index in [0.29, 0.717) is 0 Å². The van der Waals surface area contributed by atoms with E-state index in [2.05, 4.69) is 51.1 Å². The first kappa shape index (κ1) is 18.7. The summed E-state index contributed by atoms with van der Waals surface area (Å²) in [5.41, 5.74) is 1.36. The summed E-state index contributed by atoms with van der Waals surface area (Å²) in [6, 6.07) is 32.5. The first-order valence-electron chi connectivity index (χ1n) is 9.65. The second-order valence-corrected chi connectivity index (χ2v) is 11.0. The Morgan fingerprint density at radius 1 is 0.571 bits per heavy atom. The third-order valence-electron chi connectivity index (χ3n) is 5.29. The van der Waals surface area contributed by atoms with Crippen LogP contribution in [0.25, 0.3) is 10.8 Å². The molecule has 0 aliphatic rings. The van der Waals surface area contributed by atoms with Crippen LogP contribution in [0.15, 0.2) is 97.1 Å². The first-order valence-corrected chi connectivity index (χ1v) is 11.4. The minimum absolute atomic E-state index is 0.0761. The summed E-state index contributed by atoms with van der Waals surface area (Å²) in [5, 5.41) is 4.92. The van der Waals surface area contributed by atoms with Gasteiger partial charge in [-0.3, -0.25) is 0 Å². The van der Waals surface area contributed by atoms with Gasteiger partial charge in [-0.25, -0.2) is 0 Å². The van der Waals surface area contributed by atoms with Crippen LogP contribution in [-0.2, 0) is 9.98 Å². The quantitative estimate of drug-likeness (QED) is 0.410. The monoisotopic (exact) mass is 384 g/mol. The Bertz CT molecular complexity index is 1110. The summed E-state index contributed by atoms with van der Waals surface area (Å²) < 4.78 is 14.5. The lowest BCUT2D eigenvalue weighted by Gasteiger charge is -2.22. The predicted octanol–water partition coefficient (Wildman–Crippen LogP) is 5.78. The molecule has 4 aromatic carbocycles. The molecule has 4 rings (SSSR count). The second kappa shape index (κ2) is 7.08. The molecule has 0 heterocycles. The van der Waals surface area contributed by atoms with Crippen LogP contribution in [0.4, 0.5) is 0 Å². The van der Waals surface area contributed by atoms with Crippen molar-refractivity contribution in [1.82, 2.24) is 0 Å². The topological polar surface area (TPSA) is 17.1 Å². The maximum absolute atomic E-state index is 14.5. The van der Waals surface area contributed by atoms with Gasteiger partial charge in [0.15, 0.2) is 7.14 Å². The van der Waals surface area contributed by atoms with E-state index in [1.807, 2.05) is 66.7 Å². The van der Waals surface area contributed by atoms with Crippen LogP contribution in [0.2, 0.25) is 0 Å². The van der Waals surface area contributed by atoms with Gasteiger partial charge in [0.05, 0.1) is 0 Å². The van der Waals surface area contributed by atoms with Gasteiger partial charge in [-0.2, -0.15) is 0 Å². The van der Waals surface area contributed by atoms with Gasteiger partial charge in [-0.1, -0.05) is 112 Å². The molecule has 4 aromatic rings. The number of hydrogen-bond acceptors (Lipinski definition) is 1. The Hall–Kier alpha value is -2.63. The van der Waals surface area contributed by atoms with E-state index in [1.54, 1.807) is 0 Å². The third kappa shape index (κ3) is 3.32. The molecule has 0 aromatic heterocycles. The average molecular weight is 384 g/mol. The molecule has 0 radical (unpaired) electrons. The first-order chi connectivity index (χ1) is 13.4. The lowest BCUT2D eigenvalue weighted by molar-refractivity contribution is 0.591. The number of hydrogen-bond donors (Lipinski definition) is 0. The molecule has 1 nitrogen and oxygen atoms in total. The Morgan fingerprint density at radius 3 is 1.64 bits per heavy atom. The summed E-state index contributed by atoms with van der Waals surface area (Å²) in [6.45, 7) is 6.66. The Labute approximate surface area is 167 Å². The van der Waals surface area contributed by atoms with Gasteiger partial charge in [0, 0.05) is 15.9 Å². The van der Waals surface area contributed by atoms with Crippen molar-refractivity contribution in [2.75, 3.05) is 0 Å². The molecule has 0 N–H and O–H groups in total.